The quantitative estimate of drug-likeness (QED) is 0.712. The Morgan fingerprint density at radius 2 is 1.88 bits per heavy atom. The zero-order chi connectivity index (χ0) is 12.2. The highest BCUT2D eigenvalue weighted by molar-refractivity contribution is 7.90. The smallest absolute Gasteiger partial charge is 0.223 e. The Balaban J connectivity index is 2.25. The van der Waals surface area contributed by atoms with Crippen molar-refractivity contribution in [2.75, 3.05) is 18.6 Å². The van der Waals surface area contributed by atoms with Crippen molar-refractivity contribution in [3.63, 3.8) is 0 Å². The second-order valence-corrected chi connectivity index (χ2v) is 6.79. The van der Waals surface area contributed by atoms with E-state index in [4.69, 9.17) is 5.73 Å². The molecule has 1 aliphatic carbocycles. The van der Waals surface area contributed by atoms with Crippen molar-refractivity contribution >= 4 is 15.7 Å². The molecule has 0 atom stereocenters. The predicted molar refractivity (Wildman–Crippen MR) is 62.7 cm³/mol. The van der Waals surface area contributed by atoms with E-state index in [-0.39, 0.29) is 30.2 Å². The summed E-state index contributed by atoms with van der Waals surface area (Å²) in [4.78, 5) is 11.6. The maximum atomic E-state index is 11.6. The van der Waals surface area contributed by atoms with Crippen LogP contribution in [0.15, 0.2) is 0 Å². The van der Waals surface area contributed by atoms with Crippen LogP contribution in [0.3, 0.4) is 0 Å². The largest absolute Gasteiger partial charge is 0.355 e. The number of nitrogens with one attached hydrogen (secondary N) is 1. The van der Waals surface area contributed by atoms with E-state index in [2.05, 4.69) is 5.32 Å². The first-order chi connectivity index (χ1) is 7.38. The number of carbonyl (C=O) groups excluding carboxylic acids is 1. The molecule has 5 nitrogen and oxygen atoms in total. The van der Waals surface area contributed by atoms with Crippen molar-refractivity contribution in [2.45, 2.75) is 31.7 Å². The molecule has 6 heteroatoms. The van der Waals surface area contributed by atoms with Gasteiger partial charge in [-0.2, -0.15) is 0 Å². The first-order valence-corrected chi connectivity index (χ1v) is 7.65. The molecular formula is C10H20N2O3S. The fourth-order valence-corrected chi connectivity index (χ4v) is 2.36. The number of nitrogens with two attached hydrogens (primary N) is 1. The Morgan fingerprint density at radius 1 is 1.31 bits per heavy atom. The van der Waals surface area contributed by atoms with Crippen LogP contribution in [0.5, 0.6) is 0 Å². The van der Waals surface area contributed by atoms with Crippen LogP contribution in [-0.4, -0.2) is 38.9 Å². The molecule has 0 heterocycles. The van der Waals surface area contributed by atoms with Crippen molar-refractivity contribution in [1.29, 1.82) is 0 Å². The molecule has 0 aromatic rings. The topological polar surface area (TPSA) is 89.3 Å². The molecule has 1 amide bonds. The van der Waals surface area contributed by atoms with Crippen LogP contribution in [0.2, 0.25) is 0 Å². The number of carbonyl (C=O) groups is 1. The lowest BCUT2D eigenvalue weighted by molar-refractivity contribution is -0.125. The summed E-state index contributed by atoms with van der Waals surface area (Å²) in [6, 6.07) is 0.222. The lowest BCUT2D eigenvalue weighted by Gasteiger charge is -2.25. The van der Waals surface area contributed by atoms with Crippen molar-refractivity contribution in [1.82, 2.24) is 5.32 Å². The lowest BCUT2D eigenvalue weighted by atomic mass is 9.86. The van der Waals surface area contributed by atoms with Gasteiger partial charge in [0.2, 0.25) is 5.91 Å². The molecule has 0 aliphatic heterocycles. The number of hydrogen-bond acceptors (Lipinski definition) is 4. The summed E-state index contributed by atoms with van der Waals surface area (Å²) in [5, 5.41) is 2.66. The molecule has 94 valence electrons. The first-order valence-electron chi connectivity index (χ1n) is 5.59. The second-order valence-electron chi connectivity index (χ2n) is 4.53. The predicted octanol–water partition coefficient (Wildman–Crippen LogP) is -0.335. The normalized spacial score (nSPS) is 26.4. The number of rotatable bonds is 4. The van der Waals surface area contributed by atoms with E-state index >= 15 is 0 Å². The minimum Gasteiger partial charge on any atom is -0.355 e. The van der Waals surface area contributed by atoms with Gasteiger partial charge in [-0.3, -0.25) is 4.79 Å². The first kappa shape index (κ1) is 13.4. The van der Waals surface area contributed by atoms with E-state index in [1.807, 2.05) is 0 Å². The number of sulfone groups is 1. The average molecular weight is 248 g/mol. The molecule has 16 heavy (non-hydrogen) atoms. The Labute approximate surface area is 96.7 Å². The highest BCUT2D eigenvalue weighted by Crippen LogP contribution is 2.22. The molecular weight excluding hydrogens is 228 g/mol. The van der Waals surface area contributed by atoms with Crippen LogP contribution in [-0.2, 0) is 14.6 Å². The highest BCUT2D eigenvalue weighted by Gasteiger charge is 2.24. The third kappa shape index (κ3) is 4.94. The van der Waals surface area contributed by atoms with E-state index in [9.17, 15) is 13.2 Å². The molecule has 0 saturated heterocycles. The zero-order valence-electron chi connectivity index (χ0n) is 9.61. The summed E-state index contributed by atoms with van der Waals surface area (Å²) in [6.45, 7) is 0.209. The molecule has 0 bridgehead atoms. The highest BCUT2D eigenvalue weighted by atomic mass is 32.2. The van der Waals surface area contributed by atoms with Gasteiger partial charge in [-0.25, -0.2) is 8.42 Å². The molecule has 0 spiro atoms. The van der Waals surface area contributed by atoms with Gasteiger partial charge in [-0.15, -0.1) is 0 Å². The maximum Gasteiger partial charge on any atom is 0.223 e. The molecule has 3 N–H and O–H groups in total. The zero-order valence-corrected chi connectivity index (χ0v) is 10.4. The Kier molecular flexibility index (Phi) is 4.73. The molecule has 0 radical (unpaired) electrons. The van der Waals surface area contributed by atoms with Gasteiger partial charge in [-0.1, -0.05) is 0 Å². The minimum atomic E-state index is -2.99. The number of amides is 1. The van der Waals surface area contributed by atoms with Crippen molar-refractivity contribution in [3.8, 4) is 0 Å². The molecule has 0 unspecified atom stereocenters. The van der Waals surface area contributed by atoms with Crippen LogP contribution in [0.25, 0.3) is 0 Å². The summed E-state index contributed by atoms with van der Waals surface area (Å²) in [7, 11) is -2.99. The summed E-state index contributed by atoms with van der Waals surface area (Å²) in [5.41, 5.74) is 5.74. The summed E-state index contributed by atoms with van der Waals surface area (Å²) in [5.74, 6) is -0.0137. The summed E-state index contributed by atoms with van der Waals surface area (Å²) >= 11 is 0. The van der Waals surface area contributed by atoms with Gasteiger partial charge in [-0.05, 0) is 25.7 Å². The number of hydrogen-bond donors (Lipinski definition) is 2. The van der Waals surface area contributed by atoms with Crippen LogP contribution in [0.1, 0.15) is 25.7 Å². The Morgan fingerprint density at radius 3 is 2.38 bits per heavy atom. The van der Waals surface area contributed by atoms with Gasteiger partial charge < -0.3 is 11.1 Å². The van der Waals surface area contributed by atoms with E-state index < -0.39 is 9.84 Å². The lowest BCUT2D eigenvalue weighted by Crippen LogP contribution is -2.37. The van der Waals surface area contributed by atoms with Gasteiger partial charge >= 0.3 is 0 Å². The maximum absolute atomic E-state index is 11.6. The van der Waals surface area contributed by atoms with Crippen LogP contribution < -0.4 is 11.1 Å². The molecule has 1 fully saturated rings. The van der Waals surface area contributed by atoms with E-state index in [0.29, 0.717) is 0 Å². The van der Waals surface area contributed by atoms with E-state index in [0.717, 1.165) is 25.7 Å². The van der Waals surface area contributed by atoms with Crippen LogP contribution >= 0.6 is 0 Å². The van der Waals surface area contributed by atoms with E-state index in [1.54, 1.807) is 0 Å². The summed E-state index contributed by atoms with van der Waals surface area (Å²) in [6.07, 6.45) is 4.55. The molecule has 1 saturated carbocycles. The third-order valence-corrected chi connectivity index (χ3v) is 3.86. The van der Waals surface area contributed by atoms with Gasteiger partial charge in [0.15, 0.2) is 0 Å². The van der Waals surface area contributed by atoms with Crippen molar-refractivity contribution < 1.29 is 13.2 Å². The van der Waals surface area contributed by atoms with Gasteiger partial charge in [0.05, 0.1) is 5.75 Å². The minimum absolute atomic E-state index is 0.00493. The molecule has 1 aliphatic rings. The summed E-state index contributed by atoms with van der Waals surface area (Å²) < 4.78 is 21.7. The van der Waals surface area contributed by atoms with Crippen LogP contribution in [0.4, 0.5) is 0 Å². The monoisotopic (exact) mass is 248 g/mol. The average Bonchev–Trinajstić information content (AvgIpc) is 2.16. The molecule has 1 rings (SSSR count). The molecule has 0 aromatic carbocycles. The SMILES string of the molecule is CS(=O)(=O)CCNC(=O)C1CCC(N)CC1. The second kappa shape index (κ2) is 5.63. The van der Waals surface area contributed by atoms with Crippen molar-refractivity contribution in [3.05, 3.63) is 0 Å². The standard InChI is InChI=1S/C10H20N2O3S/c1-16(14,15)7-6-12-10(13)8-2-4-9(11)5-3-8/h8-9H,2-7,11H2,1H3,(H,12,13). The van der Waals surface area contributed by atoms with E-state index in [1.165, 1.54) is 6.26 Å². The van der Waals surface area contributed by atoms with Crippen LogP contribution in [0, 0.1) is 5.92 Å². The Hall–Kier alpha value is -0.620. The van der Waals surface area contributed by atoms with Gasteiger partial charge in [0.25, 0.3) is 0 Å². The fraction of sp³-hybridized carbons (Fsp3) is 0.900. The van der Waals surface area contributed by atoms with Gasteiger partial charge in [0.1, 0.15) is 9.84 Å². The van der Waals surface area contributed by atoms with Crippen molar-refractivity contribution in [2.24, 2.45) is 11.7 Å². The fourth-order valence-electron chi connectivity index (χ4n) is 1.89. The van der Waals surface area contributed by atoms with Gasteiger partial charge in [0, 0.05) is 24.8 Å². The Bertz CT molecular complexity index is 332. The molecule has 0 aromatic heterocycles. The third-order valence-electron chi connectivity index (χ3n) is 2.91.